The van der Waals surface area contributed by atoms with Crippen molar-refractivity contribution in [2.45, 2.75) is 26.7 Å². The average molecular weight is 396 g/mol. The van der Waals surface area contributed by atoms with Gasteiger partial charge in [0, 0.05) is 0 Å². The normalized spacial score (nSPS) is 15.6. The minimum absolute atomic E-state index is 0.244. The van der Waals surface area contributed by atoms with Crippen LogP contribution in [0.5, 0.6) is 11.5 Å². The minimum Gasteiger partial charge on any atom is -0.490 e. The Labute approximate surface area is 162 Å². The van der Waals surface area contributed by atoms with Crippen molar-refractivity contribution in [3.63, 3.8) is 0 Å². The second-order valence-electron chi connectivity index (χ2n) is 5.50. The number of carbonyl (C=O) groups excluding carboxylic acids is 1. The monoisotopic (exact) mass is 395 g/mol. The molecule has 1 saturated heterocycles. The standard InChI is InChI=1S/C18H21NO5S2/c1-3-5-8-24-13-7-6-12(9-14(13)23-4-2)10-15-17(22)19(11-16(20)21)18(25)26-15/h6-7,9-10H,3-5,8,11H2,1-2H3,(H,20,21). The molecule has 26 heavy (non-hydrogen) atoms. The van der Waals surface area contributed by atoms with Gasteiger partial charge in [-0.25, -0.2) is 0 Å². The number of hydrogen-bond donors (Lipinski definition) is 1. The predicted molar refractivity (Wildman–Crippen MR) is 106 cm³/mol. The van der Waals surface area contributed by atoms with Crippen molar-refractivity contribution < 1.29 is 24.2 Å². The van der Waals surface area contributed by atoms with E-state index in [4.69, 9.17) is 26.8 Å². The average Bonchev–Trinajstić information content (AvgIpc) is 2.84. The summed E-state index contributed by atoms with van der Waals surface area (Å²) >= 11 is 6.19. The van der Waals surface area contributed by atoms with Crippen molar-refractivity contribution in [2.75, 3.05) is 19.8 Å². The molecule has 1 fully saturated rings. The van der Waals surface area contributed by atoms with Crippen LogP contribution in [0.3, 0.4) is 0 Å². The van der Waals surface area contributed by atoms with Gasteiger partial charge in [-0.15, -0.1) is 0 Å². The highest BCUT2D eigenvalue weighted by Crippen LogP contribution is 2.34. The van der Waals surface area contributed by atoms with Gasteiger partial charge in [-0.05, 0) is 37.1 Å². The minimum atomic E-state index is -1.10. The predicted octanol–water partition coefficient (Wildman–Crippen LogP) is 3.55. The molecule has 0 atom stereocenters. The molecule has 0 unspecified atom stereocenters. The lowest BCUT2D eigenvalue weighted by molar-refractivity contribution is -0.140. The number of thioether (sulfide) groups is 1. The summed E-state index contributed by atoms with van der Waals surface area (Å²) in [5, 5.41) is 8.89. The molecule has 1 aliphatic rings. The van der Waals surface area contributed by atoms with Crippen LogP contribution in [-0.2, 0) is 9.59 Å². The molecule has 8 heteroatoms. The number of thiocarbonyl (C=S) groups is 1. The summed E-state index contributed by atoms with van der Waals surface area (Å²) < 4.78 is 11.6. The van der Waals surface area contributed by atoms with Crippen molar-refractivity contribution in [1.82, 2.24) is 4.90 Å². The maximum atomic E-state index is 12.3. The van der Waals surface area contributed by atoms with E-state index < -0.39 is 18.4 Å². The largest absolute Gasteiger partial charge is 0.490 e. The highest BCUT2D eigenvalue weighted by Gasteiger charge is 2.33. The lowest BCUT2D eigenvalue weighted by Crippen LogP contribution is -2.33. The molecular weight excluding hydrogens is 374 g/mol. The number of ether oxygens (including phenoxy) is 2. The second-order valence-corrected chi connectivity index (χ2v) is 7.18. The number of amides is 1. The second kappa shape index (κ2) is 9.59. The molecule has 1 heterocycles. The maximum absolute atomic E-state index is 12.3. The van der Waals surface area contributed by atoms with Gasteiger partial charge in [-0.2, -0.15) is 0 Å². The molecule has 1 aromatic rings. The molecule has 1 aliphatic heterocycles. The number of unbranched alkanes of at least 4 members (excludes halogenated alkanes) is 1. The molecular formula is C18H21NO5S2. The Hall–Kier alpha value is -2.06. The SMILES string of the molecule is CCCCOc1ccc(C=C2SC(=S)N(CC(=O)O)C2=O)cc1OCC. The summed E-state index contributed by atoms with van der Waals surface area (Å²) in [7, 11) is 0. The van der Waals surface area contributed by atoms with Crippen molar-refractivity contribution >= 4 is 46.3 Å². The van der Waals surface area contributed by atoms with Gasteiger partial charge in [0.2, 0.25) is 0 Å². The fourth-order valence-corrected chi connectivity index (χ4v) is 3.51. The van der Waals surface area contributed by atoms with E-state index in [-0.39, 0.29) is 4.32 Å². The zero-order valence-corrected chi connectivity index (χ0v) is 16.3. The Morgan fingerprint density at radius 2 is 2.08 bits per heavy atom. The Morgan fingerprint density at radius 3 is 2.73 bits per heavy atom. The van der Waals surface area contributed by atoms with Gasteiger partial charge in [-0.1, -0.05) is 43.4 Å². The number of rotatable bonds is 9. The van der Waals surface area contributed by atoms with Crippen molar-refractivity contribution in [3.05, 3.63) is 28.7 Å². The fraction of sp³-hybridized carbons (Fsp3) is 0.389. The Kier molecular flexibility index (Phi) is 7.47. The fourth-order valence-electron chi connectivity index (χ4n) is 2.25. The lowest BCUT2D eigenvalue weighted by atomic mass is 10.2. The number of carboxylic acids is 1. The van der Waals surface area contributed by atoms with Crippen LogP contribution in [-0.4, -0.2) is 46.0 Å². The van der Waals surface area contributed by atoms with E-state index in [0.717, 1.165) is 35.1 Å². The Bertz CT molecular complexity index is 732. The summed E-state index contributed by atoms with van der Waals surface area (Å²) in [5.41, 5.74) is 0.757. The van der Waals surface area contributed by atoms with E-state index >= 15 is 0 Å². The van der Waals surface area contributed by atoms with Gasteiger partial charge >= 0.3 is 5.97 Å². The van der Waals surface area contributed by atoms with Crippen LogP contribution >= 0.6 is 24.0 Å². The van der Waals surface area contributed by atoms with E-state index in [2.05, 4.69) is 6.92 Å². The van der Waals surface area contributed by atoms with Crippen molar-refractivity contribution in [2.24, 2.45) is 0 Å². The zero-order valence-electron chi connectivity index (χ0n) is 14.7. The number of benzene rings is 1. The maximum Gasteiger partial charge on any atom is 0.323 e. The van der Waals surface area contributed by atoms with Crippen LogP contribution < -0.4 is 9.47 Å². The van der Waals surface area contributed by atoms with Crippen LogP contribution in [0.2, 0.25) is 0 Å². The highest BCUT2D eigenvalue weighted by atomic mass is 32.2. The van der Waals surface area contributed by atoms with Crippen molar-refractivity contribution in [1.29, 1.82) is 0 Å². The van der Waals surface area contributed by atoms with E-state index in [1.807, 2.05) is 19.1 Å². The topological polar surface area (TPSA) is 76.1 Å². The van der Waals surface area contributed by atoms with Crippen LogP contribution in [0.1, 0.15) is 32.3 Å². The van der Waals surface area contributed by atoms with E-state index in [9.17, 15) is 9.59 Å². The van der Waals surface area contributed by atoms with Gasteiger partial charge in [0.1, 0.15) is 10.9 Å². The van der Waals surface area contributed by atoms with Gasteiger partial charge in [0.25, 0.3) is 5.91 Å². The Balaban J connectivity index is 2.21. The molecule has 0 radical (unpaired) electrons. The van der Waals surface area contributed by atoms with Gasteiger partial charge in [-0.3, -0.25) is 14.5 Å². The van der Waals surface area contributed by atoms with Crippen molar-refractivity contribution in [3.8, 4) is 11.5 Å². The first-order valence-electron chi connectivity index (χ1n) is 8.33. The van der Waals surface area contributed by atoms with Gasteiger partial charge in [0.05, 0.1) is 18.1 Å². The molecule has 1 N–H and O–H groups in total. The van der Waals surface area contributed by atoms with E-state index in [1.54, 1.807) is 12.1 Å². The highest BCUT2D eigenvalue weighted by molar-refractivity contribution is 8.26. The molecule has 0 bridgehead atoms. The molecule has 1 aromatic carbocycles. The summed E-state index contributed by atoms with van der Waals surface area (Å²) in [5.74, 6) is -0.229. The number of hydrogen-bond acceptors (Lipinski definition) is 6. The number of carboxylic acid groups (broad SMARTS) is 1. The molecule has 140 valence electrons. The van der Waals surface area contributed by atoms with Crippen LogP contribution in [0.25, 0.3) is 6.08 Å². The molecule has 0 aromatic heterocycles. The number of nitrogens with zero attached hydrogens (tertiary/aromatic N) is 1. The summed E-state index contributed by atoms with van der Waals surface area (Å²) in [4.78, 5) is 24.7. The van der Waals surface area contributed by atoms with Crippen LogP contribution in [0, 0.1) is 0 Å². The quantitative estimate of drug-likeness (QED) is 0.389. The van der Waals surface area contributed by atoms with E-state index in [0.29, 0.717) is 29.6 Å². The third kappa shape index (κ3) is 5.22. The summed E-state index contributed by atoms with van der Waals surface area (Å²) in [6.45, 7) is 4.66. The van der Waals surface area contributed by atoms with Gasteiger partial charge in [0.15, 0.2) is 11.5 Å². The first-order valence-corrected chi connectivity index (χ1v) is 9.55. The number of carbonyl (C=O) groups is 2. The summed E-state index contributed by atoms with van der Waals surface area (Å²) in [6, 6.07) is 5.44. The molecule has 0 aliphatic carbocycles. The third-order valence-corrected chi connectivity index (χ3v) is 4.87. The van der Waals surface area contributed by atoms with E-state index in [1.165, 1.54) is 0 Å². The first-order chi connectivity index (χ1) is 12.5. The number of aliphatic carboxylic acids is 1. The van der Waals surface area contributed by atoms with Crippen LogP contribution in [0.4, 0.5) is 0 Å². The first kappa shape index (κ1) is 20.3. The zero-order chi connectivity index (χ0) is 19.1. The van der Waals surface area contributed by atoms with Crippen LogP contribution in [0.15, 0.2) is 23.1 Å². The molecule has 0 spiro atoms. The Morgan fingerprint density at radius 1 is 1.31 bits per heavy atom. The molecule has 6 nitrogen and oxygen atoms in total. The third-order valence-electron chi connectivity index (χ3n) is 3.49. The smallest absolute Gasteiger partial charge is 0.323 e. The van der Waals surface area contributed by atoms with Gasteiger partial charge < -0.3 is 14.6 Å². The lowest BCUT2D eigenvalue weighted by Gasteiger charge is -2.12. The molecule has 0 saturated carbocycles. The molecule has 1 amide bonds. The molecule has 2 rings (SSSR count). The summed E-state index contributed by atoms with van der Waals surface area (Å²) in [6.07, 6.45) is 3.68.